The fourth-order valence-electron chi connectivity index (χ4n) is 9.69. The number of esters is 2. The van der Waals surface area contributed by atoms with E-state index in [0.717, 1.165) is 38.5 Å². The SMILES string of the molecule is CC(C(=O)OC12CC3CC(CC(C3)C1)C2)C(=O)C(C)(C)C(=O)OC12CC3CC(CC(C3)C1)C2. The van der Waals surface area contributed by atoms with Crippen LogP contribution in [0.15, 0.2) is 0 Å². The van der Waals surface area contributed by atoms with Crippen LogP contribution in [0.3, 0.4) is 0 Å². The van der Waals surface area contributed by atoms with Crippen LogP contribution >= 0.6 is 0 Å². The first-order chi connectivity index (χ1) is 15.5. The molecule has 0 amide bonds. The number of carbonyl (C=O) groups is 3. The minimum Gasteiger partial charge on any atom is -0.459 e. The Morgan fingerprint density at radius 3 is 1.36 bits per heavy atom. The molecule has 0 aromatic heterocycles. The van der Waals surface area contributed by atoms with Gasteiger partial charge < -0.3 is 9.47 Å². The van der Waals surface area contributed by atoms with E-state index in [2.05, 4.69) is 0 Å². The first-order valence-corrected chi connectivity index (χ1v) is 13.6. The van der Waals surface area contributed by atoms with E-state index >= 15 is 0 Å². The maximum absolute atomic E-state index is 13.4. The number of hydrogen-bond donors (Lipinski definition) is 0. The van der Waals surface area contributed by atoms with Crippen LogP contribution in [0, 0.1) is 46.8 Å². The third-order valence-electron chi connectivity index (χ3n) is 10.5. The third-order valence-corrected chi connectivity index (χ3v) is 10.5. The molecular formula is C28H40O5. The Hall–Kier alpha value is -1.39. The second kappa shape index (κ2) is 7.31. The molecule has 0 heterocycles. The smallest absolute Gasteiger partial charge is 0.319 e. The maximum atomic E-state index is 13.4. The summed E-state index contributed by atoms with van der Waals surface area (Å²) in [6, 6.07) is 0. The standard InChI is InChI=1S/C28H40O5/c1-16(24(30)32-27-10-17-4-18(11-27)6-19(5-17)12-27)23(29)26(2,3)25(31)33-28-13-20-7-21(14-28)9-22(8-20)15-28/h16-22H,4-15H2,1-3H3. The molecule has 0 radical (unpaired) electrons. The van der Waals surface area contributed by atoms with Gasteiger partial charge in [-0.15, -0.1) is 0 Å². The maximum Gasteiger partial charge on any atom is 0.319 e. The molecule has 0 spiro atoms. The van der Waals surface area contributed by atoms with Crippen LogP contribution in [0.1, 0.15) is 97.8 Å². The Bertz CT molecular complexity index is 799. The van der Waals surface area contributed by atoms with Crippen LogP contribution in [0.5, 0.6) is 0 Å². The number of ether oxygens (including phenoxy) is 2. The van der Waals surface area contributed by atoms with Gasteiger partial charge in [-0.25, -0.2) is 0 Å². The van der Waals surface area contributed by atoms with Gasteiger partial charge >= 0.3 is 11.9 Å². The molecule has 0 N–H and O–H groups in total. The monoisotopic (exact) mass is 456 g/mol. The molecule has 8 aliphatic carbocycles. The van der Waals surface area contributed by atoms with E-state index in [1.807, 2.05) is 0 Å². The first kappa shape index (κ1) is 22.1. The molecule has 8 saturated carbocycles. The van der Waals surface area contributed by atoms with Crippen LogP contribution in [-0.2, 0) is 23.9 Å². The topological polar surface area (TPSA) is 69.7 Å². The van der Waals surface area contributed by atoms with Gasteiger partial charge in [0, 0.05) is 0 Å². The Kier molecular flexibility index (Phi) is 4.89. The summed E-state index contributed by atoms with van der Waals surface area (Å²) < 4.78 is 12.3. The van der Waals surface area contributed by atoms with E-state index < -0.39 is 23.3 Å². The predicted molar refractivity (Wildman–Crippen MR) is 122 cm³/mol. The van der Waals surface area contributed by atoms with Crippen molar-refractivity contribution in [2.75, 3.05) is 0 Å². The van der Waals surface area contributed by atoms with Gasteiger partial charge in [0.1, 0.15) is 22.5 Å². The number of ketones is 1. The van der Waals surface area contributed by atoms with E-state index in [1.54, 1.807) is 20.8 Å². The molecule has 8 fully saturated rings. The van der Waals surface area contributed by atoms with Crippen LogP contribution in [0.4, 0.5) is 0 Å². The van der Waals surface area contributed by atoms with Crippen molar-refractivity contribution in [3.63, 3.8) is 0 Å². The van der Waals surface area contributed by atoms with Gasteiger partial charge in [-0.3, -0.25) is 14.4 Å². The summed E-state index contributed by atoms with van der Waals surface area (Å²) in [6.45, 7) is 4.88. The van der Waals surface area contributed by atoms with Gasteiger partial charge in [-0.2, -0.15) is 0 Å². The van der Waals surface area contributed by atoms with Crippen LogP contribution in [0.25, 0.3) is 0 Å². The van der Waals surface area contributed by atoms with Crippen molar-refractivity contribution in [3.8, 4) is 0 Å². The summed E-state index contributed by atoms with van der Waals surface area (Å²) in [7, 11) is 0. The van der Waals surface area contributed by atoms with Crippen molar-refractivity contribution in [2.45, 2.75) is 109 Å². The Morgan fingerprint density at radius 1 is 0.667 bits per heavy atom. The summed E-state index contributed by atoms with van der Waals surface area (Å²) in [6.07, 6.45) is 13.3. The van der Waals surface area contributed by atoms with Crippen LogP contribution in [-0.4, -0.2) is 28.9 Å². The molecule has 5 nitrogen and oxygen atoms in total. The lowest BCUT2D eigenvalue weighted by Gasteiger charge is -2.56. The largest absolute Gasteiger partial charge is 0.459 e. The molecule has 1 atom stereocenters. The molecule has 8 aliphatic rings. The van der Waals surface area contributed by atoms with Crippen molar-refractivity contribution >= 4 is 17.7 Å². The second-order valence-corrected chi connectivity index (χ2v) is 13.7. The fourth-order valence-corrected chi connectivity index (χ4v) is 9.69. The van der Waals surface area contributed by atoms with Crippen molar-refractivity contribution in [1.29, 1.82) is 0 Å². The molecule has 0 aromatic carbocycles. The minimum absolute atomic E-state index is 0.369. The van der Waals surface area contributed by atoms with Gasteiger partial charge in [0.25, 0.3) is 0 Å². The molecule has 0 aromatic rings. The molecule has 0 saturated heterocycles. The molecule has 0 aliphatic heterocycles. The van der Waals surface area contributed by atoms with Crippen LogP contribution < -0.4 is 0 Å². The zero-order valence-corrected chi connectivity index (χ0v) is 20.6. The lowest BCUT2D eigenvalue weighted by atomic mass is 9.54. The summed E-state index contributed by atoms with van der Waals surface area (Å²) in [5, 5.41) is 0. The van der Waals surface area contributed by atoms with E-state index in [-0.39, 0.29) is 17.0 Å². The third kappa shape index (κ3) is 3.67. The van der Waals surface area contributed by atoms with Crippen molar-refractivity contribution in [2.24, 2.45) is 46.8 Å². The molecule has 5 heteroatoms. The summed E-state index contributed by atoms with van der Waals surface area (Å²) in [5.41, 5.74) is -2.10. The normalized spacial score (nSPS) is 45.7. The van der Waals surface area contributed by atoms with E-state index in [4.69, 9.17) is 9.47 Å². The Balaban J connectivity index is 1.11. The van der Waals surface area contributed by atoms with E-state index in [9.17, 15) is 14.4 Å². The van der Waals surface area contributed by atoms with Crippen molar-refractivity contribution in [1.82, 2.24) is 0 Å². The second-order valence-electron chi connectivity index (χ2n) is 13.7. The van der Waals surface area contributed by atoms with Crippen molar-refractivity contribution in [3.05, 3.63) is 0 Å². The van der Waals surface area contributed by atoms with Gasteiger partial charge in [-0.1, -0.05) is 0 Å². The minimum atomic E-state index is -1.34. The average molecular weight is 457 g/mol. The number of rotatable bonds is 6. The molecule has 8 rings (SSSR count). The number of hydrogen-bond acceptors (Lipinski definition) is 5. The molecule has 8 bridgehead atoms. The Morgan fingerprint density at radius 2 is 1.00 bits per heavy atom. The van der Waals surface area contributed by atoms with Gasteiger partial charge in [0.2, 0.25) is 0 Å². The molecule has 182 valence electrons. The highest BCUT2D eigenvalue weighted by Gasteiger charge is 2.56. The van der Waals surface area contributed by atoms with E-state index in [0.29, 0.717) is 35.5 Å². The summed E-state index contributed by atoms with van der Waals surface area (Å²) in [5.74, 6) is 1.78. The molecular weight excluding hydrogens is 416 g/mol. The average Bonchev–Trinajstić information content (AvgIpc) is 2.69. The number of Topliss-reactive ketones (excluding diaryl/α,β-unsaturated/α-hetero) is 1. The van der Waals surface area contributed by atoms with Gasteiger partial charge in [-0.05, 0) is 133 Å². The highest BCUT2D eigenvalue weighted by molar-refractivity contribution is 6.11. The molecule has 1 unspecified atom stereocenters. The van der Waals surface area contributed by atoms with Gasteiger partial charge in [0.05, 0.1) is 0 Å². The highest BCUT2D eigenvalue weighted by atomic mass is 16.6. The highest BCUT2D eigenvalue weighted by Crippen LogP contribution is 2.58. The lowest BCUT2D eigenvalue weighted by Crippen LogP contribution is -2.55. The fraction of sp³-hybridized carbons (Fsp3) is 0.893. The summed E-state index contributed by atoms with van der Waals surface area (Å²) >= 11 is 0. The number of carbonyl (C=O) groups excluding carboxylic acids is 3. The van der Waals surface area contributed by atoms with Gasteiger partial charge in [0.15, 0.2) is 5.78 Å². The zero-order chi connectivity index (χ0) is 23.2. The van der Waals surface area contributed by atoms with Crippen LogP contribution in [0.2, 0.25) is 0 Å². The quantitative estimate of drug-likeness (QED) is 0.404. The van der Waals surface area contributed by atoms with E-state index in [1.165, 1.54) is 38.5 Å². The Labute approximate surface area is 197 Å². The predicted octanol–water partition coefficient (Wildman–Crippen LogP) is 5.24. The zero-order valence-electron chi connectivity index (χ0n) is 20.6. The molecule has 33 heavy (non-hydrogen) atoms. The summed E-state index contributed by atoms with van der Waals surface area (Å²) in [4.78, 5) is 39.9. The first-order valence-electron chi connectivity index (χ1n) is 13.6. The van der Waals surface area contributed by atoms with Crippen molar-refractivity contribution < 1.29 is 23.9 Å². The lowest BCUT2D eigenvalue weighted by molar-refractivity contribution is -0.198.